The number of carbonyl (C=O) groups excluding carboxylic acids is 1. The van der Waals surface area contributed by atoms with Gasteiger partial charge in [-0.2, -0.15) is 0 Å². The maximum absolute atomic E-state index is 12.6. The molecule has 0 radical (unpaired) electrons. The van der Waals surface area contributed by atoms with E-state index in [2.05, 4.69) is 15.0 Å². The number of hydrogen-bond acceptors (Lipinski definition) is 3. The number of amides is 1. The van der Waals surface area contributed by atoms with Crippen molar-refractivity contribution in [3.63, 3.8) is 0 Å². The molecule has 0 aliphatic carbocycles. The van der Waals surface area contributed by atoms with Crippen molar-refractivity contribution in [1.82, 2.24) is 14.9 Å². The van der Waals surface area contributed by atoms with Crippen molar-refractivity contribution in [3.8, 4) is 5.75 Å². The monoisotopic (exact) mass is 391 g/mol. The van der Waals surface area contributed by atoms with Crippen molar-refractivity contribution in [3.05, 3.63) is 59.9 Å². The quantitative estimate of drug-likeness (QED) is 0.708. The maximum atomic E-state index is 12.6. The minimum atomic E-state index is -4.72. The summed E-state index contributed by atoms with van der Waals surface area (Å²) >= 11 is 0. The van der Waals surface area contributed by atoms with E-state index < -0.39 is 11.9 Å². The first kappa shape index (κ1) is 19.7. The molecule has 0 saturated carbocycles. The van der Waals surface area contributed by atoms with E-state index in [1.165, 1.54) is 18.3 Å². The van der Waals surface area contributed by atoms with Gasteiger partial charge in [-0.15, -0.1) is 13.2 Å². The number of rotatable bonds is 5. The highest BCUT2D eigenvalue weighted by Crippen LogP contribution is 2.24. The largest absolute Gasteiger partial charge is 0.573 e. The Balaban J connectivity index is 1.67. The number of aryl methyl sites for hydroxylation is 1. The molecule has 0 spiro atoms. The second-order valence-electron chi connectivity index (χ2n) is 7.27. The first-order chi connectivity index (χ1) is 13.0. The molecule has 1 amide bonds. The van der Waals surface area contributed by atoms with Crippen LogP contribution in [-0.2, 0) is 13.5 Å². The SMILES string of the molecule is Cn1ccc2cc(C(=O)NC(C)(C)Cc3ccc(OC(F)(F)F)cc3)cnc21. The second kappa shape index (κ2) is 7.18. The van der Waals surface area contributed by atoms with Gasteiger partial charge in [-0.25, -0.2) is 4.98 Å². The van der Waals surface area contributed by atoms with Gasteiger partial charge in [0.2, 0.25) is 0 Å². The fourth-order valence-electron chi connectivity index (χ4n) is 3.02. The zero-order valence-electron chi connectivity index (χ0n) is 15.7. The second-order valence-corrected chi connectivity index (χ2v) is 7.27. The van der Waals surface area contributed by atoms with Crippen LogP contribution in [0.1, 0.15) is 29.8 Å². The van der Waals surface area contributed by atoms with Gasteiger partial charge in [0.05, 0.1) is 5.56 Å². The standard InChI is InChI=1S/C20H20F3N3O2/c1-19(2,11-13-4-6-16(7-5-13)28-20(21,22)23)25-18(27)15-10-14-8-9-26(3)17(14)24-12-15/h4-10,12H,11H2,1-3H3,(H,25,27). The number of aromatic nitrogens is 2. The number of nitrogens with one attached hydrogen (secondary N) is 1. The summed E-state index contributed by atoms with van der Waals surface area (Å²) in [5.74, 6) is -0.541. The van der Waals surface area contributed by atoms with Gasteiger partial charge in [0.1, 0.15) is 11.4 Å². The van der Waals surface area contributed by atoms with Gasteiger partial charge in [-0.05, 0) is 50.1 Å². The highest BCUT2D eigenvalue weighted by Gasteiger charge is 2.31. The summed E-state index contributed by atoms with van der Waals surface area (Å²) < 4.78 is 42.5. The molecule has 2 heterocycles. The van der Waals surface area contributed by atoms with Crippen LogP contribution in [0.15, 0.2) is 48.8 Å². The average Bonchev–Trinajstić information content (AvgIpc) is 2.95. The van der Waals surface area contributed by atoms with Gasteiger partial charge in [0, 0.05) is 30.4 Å². The van der Waals surface area contributed by atoms with E-state index in [1.807, 2.05) is 37.7 Å². The van der Waals surface area contributed by atoms with Gasteiger partial charge in [0.25, 0.3) is 5.91 Å². The summed E-state index contributed by atoms with van der Waals surface area (Å²) in [6.07, 6.45) is -0.888. The Morgan fingerprint density at radius 2 is 1.86 bits per heavy atom. The number of halogens is 3. The Bertz CT molecular complexity index is 992. The van der Waals surface area contributed by atoms with E-state index in [1.54, 1.807) is 18.2 Å². The summed E-state index contributed by atoms with van der Waals surface area (Å²) in [7, 11) is 1.88. The van der Waals surface area contributed by atoms with E-state index in [9.17, 15) is 18.0 Å². The third kappa shape index (κ3) is 4.82. The zero-order chi connectivity index (χ0) is 20.5. The van der Waals surface area contributed by atoms with E-state index >= 15 is 0 Å². The first-order valence-corrected chi connectivity index (χ1v) is 8.61. The molecule has 0 atom stereocenters. The molecule has 3 aromatic rings. The number of nitrogens with zero attached hydrogens (tertiary/aromatic N) is 2. The molecular formula is C20H20F3N3O2. The van der Waals surface area contributed by atoms with Gasteiger partial charge in [0.15, 0.2) is 0 Å². The Morgan fingerprint density at radius 1 is 1.18 bits per heavy atom. The predicted molar refractivity (Wildman–Crippen MR) is 99.1 cm³/mol. The Labute approximate surface area is 160 Å². The lowest BCUT2D eigenvalue weighted by molar-refractivity contribution is -0.274. The van der Waals surface area contributed by atoms with Crippen LogP contribution in [0.4, 0.5) is 13.2 Å². The van der Waals surface area contributed by atoms with Crippen LogP contribution >= 0.6 is 0 Å². The van der Waals surface area contributed by atoms with Crippen molar-refractivity contribution in [2.45, 2.75) is 32.2 Å². The summed E-state index contributed by atoms with van der Waals surface area (Å²) in [5.41, 5.74) is 1.39. The van der Waals surface area contributed by atoms with Crippen LogP contribution < -0.4 is 10.1 Å². The summed E-state index contributed by atoms with van der Waals surface area (Å²) in [4.78, 5) is 16.9. The molecule has 148 valence electrons. The van der Waals surface area contributed by atoms with Gasteiger partial charge >= 0.3 is 6.36 Å². The number of fused-ring (bicyclic) bond motifs is 1. The zero-order valence-corrected chi connectivity index (χ0v) is 15.7. The number of pyridine rings is 1. The predicted octanol–water partition coefficient (Wildman–Crippen LogP) is 4.22. The summed E-state index contributed by atoms with van der Waals surface area (Å²) in [6.45, 7) is 3.69. The maximum Gasteiger partial charge on any atom is 0.573 e. The normalized spacial score (nSPS) is 12.2. The lowest BCUT2D eigenvalue weighted by Crippen LogP contribution is -2.45. The van der Waals surface area contributed by atoms with Crippen molar-refractivity contribution < 1.29 is 22.7 Å². The van der Waals surface area contributed by atoms with E-state index in [0.29, 0.717) is 12.0 Å². The van der Waals surface area contributed by atoms with Crippen molar-refractivity contribution in [2.75, 3.05) is 0 Å². The van der Waals surface area contributed by atoms with Crippen LogP contribution in [0.25, 0.3) is 11.0 Å². The number of ether oxygens (including phenoxy) is 1. The molecule has 1 aromatic carbocycles. The number of alkyl halides is 3. The molecule has 0 fully saturated rings. The minimum absolute atomic E-state index is 0.264. The van der Waals surface area contributed by atoms with E-state index in [-0.39, 0.29) is 11.7 Å². The number of hydrogen-bond donors (Lipinski definition) is 1. The smallest absolute Gasteiger partial charge is 0.406 e. The first-order valence-electron chi connectivity index (χ1n) is 8.61. The molecule has 0 bridgehead atoms. The van der Waals surface area contributed by atoms with Crippen LogP contribution in [0.2, 0.25) is 0 Å². The average molecular weight is 391 g/mol. The lowest BCUT2D eigenvalue weighted by atomic mass is 9.94. The molecule has 0 unspecified atom stereocenters. The third-order valence-corrected chi connectivity index (χ3v) is 4.22. The Kier molecular flexibility index (Phi) is 5.06. The molecule has 3 rings (SSSR count). The molecule has 0 saturated heterocycles. The fourth-order valence-corrected chi connectivity index (χ4v) is 3.02. The summed E-state index contributed by atoms with van der Waals surface area (Å²) in [5, 5.41) is 3.82. The number of benzene rings is 1. The van der Waals surface area contributed by atoms with Crippen molar-refractivity contribution in [2.24, 2.45) is 7.05 Å². The van der Waals surface area contributed by atoms with Crippen LogP contribution in [0.3, 0.4) is 0 Å². The molecule has 2 aromatic heterocycles. The van der Waals surface area contributed by atoms with E-state index in [0.717, 1.165) is 16.6 Å². The fraction of sp³-hybridized carbons (Fsp3) is 0.300. The molecule has 8 heteroatoms. The highest BCUT2D eigenvalue weighted by molar-refractivity contribution is 5.97. The molecule has 0 aliphatic rings. The van der Waals surface area contributed by atoms with Crippen LogP contribution in [0, 0.1) is 0 Å². The Hall–Kier alpha value is -3.03. The van der Waals surface area contributed by atoms with Crippen molar-refractivity contribution in [1.29, 1.82) is 0 Å². The topological polar surface area (TPSA) is 56.2 Å². The third-order valence-electron chi connectivity index (χ3n) is 4.22. The number of carbonyl (C=O) groups is 1. The van der Waals surface area contributed by atoms with Crippen molar-refractivity contribution >= 4 is 16.9 Å². The van der Waals surface area contributed by atoms with Crippen LogP contribution in [-0.4, -0.2) is 27.4 Å². The highest BCUT2D eigenvalue weighted by atomic mass is 19.4. The van der Waals surface area contributed by atoms with Gasteiger partial charge in [-0.3, -0.25) is 4.79 Å². The van der Waals surface area contributed by atoms with Gasteiger partial charge < -0.3 is 14.6 Å². The molecule has 0 aliphatic heterocycles. The van der Waals surface area contributed by atoms with Gasteiger partial charge in [-0.1, -0.05) is 12.1 Å². The molecule has 28 heavy (non-hydrogen) atoms. The molecule has 5 nitrogen and oxygen atoms in total. The Morgan fingerprint density at radius 3 is 2.50 bits per heavy atom. The molecular weight excluding hydrogens is 371 g/mol. The van der Waals surface area contributed by atoms with E-state index in [4.69, 9.17) is 0 Å². The van der Waals surface area contributed by atoms with Crippen LogP contribution in [0.5, 0.6) is 5.75 Å². The minimum Gasteiger partial charge on any atom is -0.406 e. The molecule has 1 N–H and O–H groups in total. The lowest BCUT2D eigenvalue weighted by Gasteiger charge is -2.26. The summed E-state index contributed by atoms with van der Waals surface area (Å²) in [6, 6.07) is 9.27.